The Labute approximate surface area is 334 Å². The number of benzene rings is 4. The van der Waals surface area contributed by atoms with Crippen molar-refractivity contribution in [2.75, 3.05) is 23.3 Å². The fraction of sp³-hybridized carbons (Fsp3) is 0.304. The van der Waals surface area contributed by atoms with Gasteiger partial charge in [0.2, 0.25) is 0 Å². The molecule has 296 valence electrons. The van der Waals surface area contributed by atoms with Gasteiger partial charge in [-0.25, -0.2) is 18.0 Å². The average Bonchev–Trinajstić information content (AvgIpc) is 3.58. The van der Waals surface area contributed by atoms with Gasteiger partial charge in [-0.05, 0) is 143 Å². The molecule has 1 N–H and O–H groups in total. The van der Waals surface area contributed by atoms with E-state index in [1.165, 1.54) is 35.2 Å². The van der Waals surface area contributed by atoms with Crippen LogP contribution in [-0.4, -0.2) is 51.8 Å². The lowest BCUT2D eigenvalue weighted by molar-refractivity contribution is -0.112. The lowest BCUT2D eigenvalue weighted by atomic mass is 9.90. The van der Waals surface area contributed by atoms with E-state index in [1.54, 1.807) is 63.2 Å². The predicted octanol–water partition coefficient (Wildman–Crippen LogP) is 8.82. The molecule has 2 aliphatic rings. The van der Waals surface area contributed by atoms with Crippen molar-refractivity contribution in [3.05, 3.63) is 147 Å². The zero-order chi connectivity index (χ0) is 40.7. The Kier molecular flexibility index (Phi) is 12.9. The molecule has 11 heteroatoms. The number of esters is 2. The summed E-state index contributed by atoms with van der Waals surface area (Å²) in [6, 6.07) is 26.9. The van der Waals surface area contributed by atoms with Crippen molar-refractivity contribution < 1.29 is 37.1 Å². The summed E-state index contributed by atoms with van der Waals surface area (Å²) in [7, 11) is -2.81. The summed E-state index contributed by atoms with van der Waals surface area (Å²) in [5.41, 5.74) is 7.62. The molecule has 1 amide bonds. The van der Waals surface area contributed by atoms with Crippen LogP contribution in [0.15, 0.2) is 124 Å². The highest BCUT2D eigenvalue weighted by atomic mass is 32.2. The van der Waals surface area contributed by atoms with Crippen molar-refractivity contribution >= 4 is 45.0 Å². The summed E-state index contributed by atoms with van der Waals surface area (Å²) in [6.45, 7) is 5.36. The zero-order valence-electron chi connectivity index (χ0n) is 32.8. The number of methoxy groups -OCH3 is 1. The predicted molar refractivity (Wildman–Crippen MR) is 220 cm³/mol. The van der Waals surface area contributed by atoms with Crippen LogP contribution in [0.25, 0.3) is 0 Å². The SMILES string of the molecule is CCOC(=O)c1cccc(N(C(C)C)S(=O)(=O)c2cccc(C(=O)CC3=C(C(=O)Nc4ccc(CCc5ccc(C(=O)OC)cc5)cc4)C4=C(CCCC4)C3)c2)c1. The number of allylic oxidation sites excluding steroid dienone is 2. The Bertz CT molecular complexity index is 2340. The molecule has 0 fully saturated rings. The number of amides is 1. The molecule has 0 aromatic heterocycles. The van der Waals surface area contributed by atoms with E-state index in [0.29, 0.717) is 28.9 Å². The first-order valence-corrected chi connectivity index (χ1v) is 20.8. The van der Waals surface area contributed by atoms with Crippen molar-refractivity contribution in [3.8, 4) is 0 Å². The third-order valence-electron chi connectivity index (χ3n) is 10.3. The summed E-state index contributed by atoms with van der Waals surface area (Å²) < 4.78 is 39.5. The maximum absolute atomic E-state index is 14.2. The van der Waals surface area contributed by atoms with Crippen molar-refractivity contribution in [2.45, 2.75) is 83.1 Å². The van der Waals surface area contributed by atoms with Crippen molar-refractivity contribution in [2.24, 2.45) is 0 Å². The third-order valence-corrected chi connectivity index (χ3v) is 12.3. The number of Topliss-reactive ketones (excluding diaryl/α,β-unsaturated/α-hetero) is 1. The van der Waals surface area contributed by atoms with Crippen LogP contribution < -0.4 is 9.62 Å². The molecule has 4 aromatic carbocycles. The lowest BCUT2D eigenvalue weighted by Gasteiger charge is -2.28. The Morgan fingerprint density at radius 1 is 0.772 bits per heavy atom. The molecule has 0 atom stereocenters. The highest BCUT2D eigenvalue weighted by molar-refractivity contribution is 7.92. The first-order chi connectivity index (χ1) is 27.4. The van der Waals surface area contributed by atoms with Crippen LogP contribution in [-0.2, 0) is 37.1 Å². The number of hydrogen-bond donors (Lipinski definition) is 1. The molecular formula is C46H48N2O8S. The maximum Gasteiger partial charge on any atom is 0.338 e. The van der Waals surface area contributed by atoms with Gasteiger partial charge in [-0.15, -0.1) is 0 Å². The molecule has 2 aliphatic carbocycles. The number of ether oxygens (including phenoxy) is 2. The second-order valence-electron chi connectivity index (χ2n) is 14.6. The molecule has 0 saturated heterocycles. The number of anilines is 2. The third kappa shape index (κ3) is 9.43. The Hall–Kier alpha value is -5.81. The molecule has 57 heavy (non-hydrogen) atoms. The van der Waals surface area contributed by atoms with Gasteiger partial charge < -0.3 is 14.8 Å². The standard InChI is InChI=1S/C46H48N2O8S/c1-5-56-46(52)36-12-8-13-39(27-36)48(30(2)3)57(53,54)40-14-9-11-35(28-40)42(49)29-37-26-34-10-6-7-15-41(34)43(37)44(50)47-38-24-20-32(21-25-38)17-16-31-18-22-33(23-19-31)45(51)55-4/h8-9,11-14,18-25,27-28,30H,5-7,10,15-17,26,29H2,1-4H3,(H,47,50). The van der Waals surface area contributed by atoms with E-state index >= 15 is 0 Å². The summed E-state index contributed by atoms with van der Waals surface area (Å²) in [5.74, 6) is -1.45. The first kappa shape index (κ1) is 40.8. The van der Waals surface area contributed by atoms with Gasteiger partial charge >= 0.3 is 11.9 Å². The van der Waals surface area contributed by atoms with E-state index in [-0.39, 0.29) is 46.7 Å². The van der Waals surface area contributed by atoms with E-state index in [2.05, 4.69) is 5.32 Å². The minimum atomic E-state index is -4.16. The number of sulfonamides is 1. The van der Waals surface area contributed by atoms with Crippen molar-refractivity contribution in [1.29, 1.82) is 0 Å². The molecule has 10 nitrogen and oxygen atoms in total. The van der Waals surface area contributed by atoms with Crippen LogP contribution in [0.1, 0.15) is 101 Å². The van der Waals surface area contributed by atoms with Gasteiger partial charge in [0.25, 0.3) is 15.9 Å². The number of ketones is 1. The first-order valence-electron chi connectivity index (χ1n) is 19.3. The largest absolute Gasteiger partial charge is 0.465 e. The van der Waals surface area contributed by atoms with E-state index in [9.17, 15) is 27.6 Å². The quantitative estimate of drug-likeness (QED) is 0.0933. The highest BCUT2D eigenvalue weighted by Gasteiger charge is 2.33. The Balaban J connectivity index is 1.18. The van der Waals surface area contributed by atoms with Crippen LogP contribution in [0.4, 0.5) is 11.4 Å². The fourth-order valence-electron chi connectivity index (χ4n) is 7.57. The van der Waals surface area contributed by atoms with Gasteiger partial charge in [0.15, 0.2) is 5.78 Å². The summed E-state index contributed by atoms with van der Waals surface area (Å²) in [4.78, 5) is 52.1. The van der Waals surface area contributed by atoms with E-state index in [1.807, 2.05) is 36.4 Å². The number of nitrogens with one attached hydrogen (secondary N) is 1. The van der Waals surface area contributed by atoms with Gasteiger partial charge in [0.05, 0.1) is 35.4 Å². The van der Waals surface area contributed by atoms with Crippen LogP contribution in [0.5, 0.6) is 0 Å². The van der Waals surface area contributed by atoms with Gasteiger partial charge in [0, 0.05) is 29.3 Å². The molecule has 0 bridgehead atoms. The molecule has 0 radical (unpaired) electrons. The number of hydrogen-bond acceptors (Lipinski definition) is 8. The Morgan fingerprint density at radius 3 is 2.09 bits per heavy atom. The minimum absolute atomic E-state index is 0.0196. The number of carbonyl (C=O) groups is 4. The normalized spacial score (nSPS) is 14.0. The number of carbonyl (C=O) groups excluding carboxylic acids is 4. The van der Waals surface area contributed by atoms with Crippen molar-refractivity contribution in [3.63, 3.8) is 0 Å². The second kappa shape index (κ2) is 18.0. The summed E-state index contributed by atoms with van der Waals surface area (Å²) in [5, 5.41) is 3.07. The Morgan fingerprint density at radius 2 is 1.42 bits per heavy atom. The van der Waals surface area contributed by atoms with Crippen LogP contribution in [0.2, 0.25) is 0 Å². The topological polar surface area (TPSA) is 136 Å². The van der Waals surface area contributed by atoms with Gasteiger partial charge in [0.1, 0.15) is 0 Å². The molecule has 0 unspecified atom stereocenters. The molecule has 6 rings (SSSR count). The molecular weight excluding hydrogens is 741 g/mol. The van der Waals surface area contributed by atoms with Crippen LogP contribution in [0.3, 0.4) is 0 Å². The molecule has 0 aliphatic heterocycles. The van der Waals surface area contributed by atoms with Gasteiger partial charge in [-0.1, -0.05) is 48.0 Å². The average molecular weight is 789 g/mol. The fourth-order valence-corrected chi connectivity index (χ4v) is 9.27. The van der Waals surface area contributed by atoms with E-state index in [4.69, 9.17) is 9.47 Å². The number of nitrogens with zero attached hydrogens (tertiary/aromatic N) is 1. The van der Waals surface area contributed by atoms with Crippen LogP contribution >= 0.6 is 0 Å². The molecule has 0 spiro atoms. The summed E-state index contributed by atoms with van der Waals surface area (Å²) >= 11 is 0. The smallest absolute Gasteiger partial charge is 0.338 e. The maximum atomic E-state index is 14.2. The molecule has 4 aromatic rings. The number of rotatable bonds is 15. The van der Waals surface area contributed by atoms with Gasteiger partial charge in [-0.3, -0.25) is 13.9 Å². The van der Waals surface area contributed by atoms with E-state index in [0.717, 1.165) is 60.8 Å². The monoisotopic (exact) mass is 788 g/mol. The highest BCUT2D eigenvalue weighted by Crippen LogP contribution is 2.43. The zero-order valence-corrected chi connectivity index (χ0v) is 33.6. The van der Waals surface area contributed by atoms with Gasteiger partial charge in [-0.2, -0.15) is 0 Å². The minimum Gasteiger partial charge on any atom is -0.465 e. The molecule has 0 heterocycles. The van der Waals surface area contributed by atoms with Crippen LogP contribution in [0, 0.1) is 0 Å². The van der Waals surface area contributed by atoms with E-state index < -0.39 is 22.0 Å². The molecule has 0 saturated carbocycles. The second-order valence-corrected chi connectivity index (χ2v) is 16.4. The summed E-state index contributed by atoms with van der Waals surface area (Å²) in [6.07, 6.45) is 5.72. The lowest BCUT2D eigenvalue weighted by Crippen LogP contribution is -2.37. The number of aryl methyl sites for hydroxylation is 2. The van der Waals surface area contributed by atoms with Crippen molar-refractivity contribution in [1.82, 2.24) is 0 Å².